The number of thiazole rings is 1. The zero-order chi connectivity index (χ0) is 26.3. The van der Waals surface area contributed by atoms with Gasteiger partial charge in [0.05, 0.1) is 11.2 Å². The van der Waals surface area contributed by atoms with Crippen LogP contribution in [0.1, 0.15) is 48.0 Å². The fourth-order valence-electron chi connectivity index (χ4n) is 3.03. The smallest absolute Gasteiger partial charge is 0.435 e. The van der Waals surface area contributed by atoms with E-state index in [1.165, 1.54) is 31.7 Å². The van der Waals surface area contributed by atoms with Crippen molar-refractivity contribution in [1.29, 1.82) is 0 Å². The number of aryl methyl sites for hydroxylation is 2. The second-order valence-corrected chi connectivity index (χ2v) is 8.96. The topological polar surface area (TPSA) is 71.5 Å². The molecule has 2 amide bonds. The van der Waals surface area contributed by atoms with Gasteiger partial charge in [-0.05, 0) is 45.7 Å². The predicted molar refractivity (Wildman–Crippen MR) is 109 cm³/mol. The van der Waals surface area contributed by atoms with Gasteiger partial charge < -0.3 is 4.74 Å². The Labute approximate surface area is 193 Å². The van der Waals surface area contributed by atoms with Crippen LogP contribution >= 0.6 is 11.3 Å². The lowest BCUT2D eigenvalue weighted by Gasteiger charge is -2.32. The third-order valence-electron chi connectivity index (χ3n) is 4.35. The van der Waals surface area contributed by atoms with E-state index in [0.717, 1.165) is 25.2 Å². The van der Waals surface area contributed by atoms with E-state index in [1.54, 1.807) is 0 Å². The molecule has 0 aliphatic rings. The normalized spacial score (nSPS) is 12.9. The van der Waals surface area contributed by atoms with E-state index in [-0.39, 0.29) is 22.5 Å². The molecule has 14 heteroatoms. The number of hydrogen-bond acceptors (Lipinski definition) is 5. The van der Waals surface area contributed by atoms with Gasteiger partial charge >= 0.3 is 24.1 Å². The van der Waals surface area contributed by atoms with Crippen molar-refractivity contribution in [3.8, 4) is 0 Å². The van der Waals surface area contributed by atoms with Crippen LogP contribution in [0.25, 0.3) is 0 Å². The molecule has 0 spiro atoms. The quantitative estimate of drug-likeness (QED) is 0.394. The molecule has 2 aromatic rings. The maximum absolute atomic E-state index is 14.6. The van der Waals surface area contributed by atoms with Crippen molar-refractivity contribution in [2.24, 2.45) is 0 Å². The second-order valence-electron chi connectivity index (χ2n) is 8.24. The number of carbonyl (C=O) groups is 2. The van der Waals surface area contributed by atoms with Crippen LogP contribution in [0.3, 0.4) is 0 Å². The van der Waals surface area contributed by atoms with Gasteiger partial charge in [-0.15, -0.1) is 11.3 Å². The number of alkyl halides is 7. The number of nitrogens with zero attached hydrogens (tertiary/aromatic N) is 2. The Bertz CT molecular complexity index is 1020. The minimum absolute atomic E-state index is 0.172. The molecule has 0 aliphatic heterocycles. The number of benzene rings is 1. The molecule has 1 heterocycles. The first kappa shape index (κ1) is 27.3. The maximum atomic E-state index is 14.6. The molecule has 1 N–H and O–H groups in total. The van der Waals surface area contributed by atoms with Crippen molar-refractivity contribution in [2.45, 2.75) is 58.2 Å². The zero-order valence-corrected chi connectivity index (χ0v) is 19.3. The van der Waals surface area contributed by atoms with Crippen LogP contribution in [0.4, 0.5) is 41.2 Å². The Balaban J connectivity index is 2.66. The number of aromatic nitrogens is 1. The van der Waals surface area contributed by atoms with Gasteiger partial charge in [0, 0.05) is 10.9 Å². The number of rotatable bonds is 3. The summed E-state index contributed by atoms with van der Waals surface area (Å²) in [7, 11) is 0. The fraction of sp³-hybridized carbons (Fsp3) is 0.450. The molecule has 0 bridgehead atoms. The molecule has 6 nitrogen and oxygen atoms in total. The van der Waals surface area contributed by atoms with Gasteiger partial charge in [-0.3, -0.25) is 4.79 Å². The Hall–Kier alpha value is -2.90. The Morgan fingerprint density at radius 2 is 1.47 bits per heavy atom. The molecular formula is C20H20F7N3O3S. The number of nitrogens with one attached hydrogen (secondary N) is 1. The molecule has 0 saturated carbocycles. The monoisotopic (exact) mass is 515 g/mol. The largest absolute Gasteiger partial charge is 0.443 e. The van der Waals surface area contributed by atoms with Crippen LogP contribution in [0.15, 0.2) is 23.0 Å². The lowest BCUT2D eigenvalue weighted by molar-refractivity contribution is -0.348. The maximum Gasteiger partial charge on any atom is 0.435 e. The summed E-state index contributed by atoms with van der Waals surface area (Å²) in [4.78, 5) is 29.1. The molecule has 0 saturated heterocycles. The molecule has 0 fully saturated rings. The molecule has 0 radical (unpaired) electrons. The number of anilines is 1. The minimum Gasteiger partial charge on any atom is -0.443 e. The first-order chi connectivity index (χ1) is 15.3. The predicted octanol–water partition coefficient (Wildman–Crippen LogP) is 6.14. The summed E-state index contributed by atoms with van der Waals surface area (Å²) in [5.41, 5.74) is -6.11. The highest BCUT2D eigenvalue weighted by molar-refractivity contribution is 7.07. The van der Waals surface area contributed by atoms with Gasteiger partial charge in [0.2, 0.25) is 0 Å². The lowest BCUT2D eigenvalue weighted by Crippen LogP contribution is -2.51. The Kier molecular flexibility index (Phi) is 7.27. The highest BCUT2D eigenvalue weighted by Gasteiger charge is 2.73. The number of ether oxygens (including phenoxy) is 1. The van der Waals surface area contributed by atoms with Crippen LogP contribution in [0.2, 0.25) is 0 Å². The number of carbonyl (C=O) groups excluding carboxylic acids is 2. The highest BCUT2D eigenvalue weighted by atomic mass is 32.1. The van der Waals surface area contributed by atoms with Crippen LogP contribution in [0, 0.1) is 13.8 Å². The lowest BCUT2D eigenvalue weighted by atomic mass is 9.90. The SMILES string of the molecule is Cc1cc(C(F)(C(F)(F)F)C(F)(F)F)cc(C)c1N(NC(=O)OC(C)(C)C)C(=O)c1cscn1. The number of hydrogen-bond donors (Lipinski definition) is 1. The molecule has 2 rings (SSSR count). The molecule has 1 aromatic heterocycles. The molecule has 34 heavy (non-hydrogen) atoms. The molecular weight excluding hydrogens is 495 g/mol. The van der Waals surface area contributed by atoms with E-state index in [2.05, 4.69) is 10.4 Å². The third kappa shape index (κ3) is 5.42. The van der Waals surface area contributed by atoms with Gasteiger partial charge in [-0.2, -0.15) is 26.3 Å². The van der Waals surface area contributed by atoms with Gasteiger partial charge in [-0.1, -0.05) is 12.1 Å². The number of hydrazine groups is 1. The average molecular weight is 515 g/mol. The molecule has 1 aromatic carbocycles. The van der Waals surface area contributed by atoms with Crippen molar-refractivity contribution >= 4 is 29.0 Å². The van der Waals surface area contributed by atoms with E-state index < -0.39 is 41.2 Å². The summed E-state index contributed by atoms with van der Waals surface area (Å²) < 4.78 is 98.9. The van der Waals surface area contributed by atoms with Crippen LogP contribution in [-0.4, -0.2) is 34.9 Å². The van der Waals surface area contributed by atoms with Crippen molar-refractivity contribution in [2.75, 3.05) is 5.01 Å². The summed E-state index contributed by atoms with van der Waals surface area (Å²) >= 11 is 1.03. The molecule has 0 unspecified atom stereocenters. The van der Waals surface area contributed by atoms with E-state index in [0.29, 0.717) is 17.1 Å². The first-order valence-corrected chi connectivity index (χ1v) is 10.4. The van der Waals surface area contributed by atoms with E-state index in [4.69, 9.17) is 4.74 Å². The van der Waals surface area contributed by atoms with E-state index in [9.17, 15) is 40.3 Å². The van der Waals surface area contributed by atoms with Gasteiger partial charge in [0.15, 0.2) is 0 Å². The number of halogens is 7. The molecule has 188 valence electrons. The minimum atomic E-state index is -6.31. The zero-order valence-electron chi connectivity index (χ0n) is 18.5. The van der Waals surface area contributed by atoms with Gasteiger partial charge in [0.1, 0.15) is 11.3 Å². The fourth-order valence-corrected chi connectivity index (χ4v) is 3.55. The van der Waals surface area contributed by atoms with E-state index >= 15 is 0 Å². The van der Waals surface area contributed by atoms with Crippen molar-refractivity contribution in [3.05, 3.63) is 45.4 Å². The number of amides is 2. The average Bonchev–Trinajstić information content (AvgIpc) is 3.16. The Morgan fingerprint density at radius 3 is 1.85 bits per heavy atom. The van der Waals surface area contributed by atoms with E-state index in [1.807, 2.05) is 0 Å². The van der Waals surface area contributed by atoms with Crippen molar-refractivity contribution in [3.63, 3.8) is 0 Å². The third-order valence-corrected chi connectivity index (χ3v) is 4.94. The highest BCUT2D eigenvalue weighted by Crippen LogP contribution is 2.54. The van der Waals surface area contributed by atoms with Crippen molar-refractivity contribution in [1.82, 2.24) is 10.4 Å². The van der Waals surface area contributed by atoms with Crippen LogP contribution < -0.4 is 10.4 Å². The molecule has 0 atom stereocenters. The van der Waals surface area contributed by atoms with Gasteiger partial charge in [0.25, 0.3) is 5.91 Å². The molecule has 0 aliphatic carbocycles. The summed E-state index contributed by atoms with van der Waals surface area (Å²) in [6, 6.07) is 0.642. The van der Waals surface area contributed by atoms with Gasteiger partial charge in [-0.25, -0.2) is 24.6 Å². The van der Waals surface area contributed by atoms with Crippen LogP contribution in [0.5, 0.6) is 0 Å². The first-order valence-electron chi connectivity index (χ1n) is 9.46. The van der Waals surface area contributed by atoms with Crippen molar-refractivity contribution < 1.29 is 45.1 Å². The summed E-state index contributed by atoms with van der Waals surface area (Å²) in [5, 5.41) is 1.89. The summed E-state index contributed by atoms with van der Waals surface area (Å²) in [6.07, 6.45) is -13.8. The Morgan fingerprint density at radius 1 is 0.971 bits per heavy atom. The summed E-state index contributed by atoms with van der Waals surface area (Å²) in [6.45, 7) is 6.72. The second kappa shape index (κ2) is 9.04. The standard InChI is InChI=1S/C20H20F7N3O3S/c1-10-6-12(18(21,19(22,23)24)20(25,26)27)7-11(2)14(10)30(15(31)13-8-34-9-28-13)29-16(32)33-17(3,4)5/h6-9H,1-5H3,(H,29,32). The van der Waals surface area contributed by atoms with Crippen LogP contribution in [-0.2, 0) is 10.4 Å². The summed E-state index contributed by atoms with van der Waals surface area (Å²) in [5.74, 6) is -0.954.